The first-order valence-corrected chi connectivity index (χ1v) is 9.07. The number of aryl methyl sites for hydroxylation is 4. The van der Waals surface area contributed by atoms with E-state index in [4.69, 9.17) is 4.74 Å². The fraction of sp³-hybridized carbons (Fsp3) is 0.261. The maximum atomic E-state index is 12.6. The highest BCUT2D eigenvalue weighted by Crippen LogP contribution is 2.26. The lowest BCUT2D eigenvalue weighted by Crippen LogP contribution is -2.15. The van der Waals surface area contributed by atoms with Crippen LogP contribution >= 0.6 is 0 Å². The number of rotatable bonds is 6. The van der Waals surface area contributed by atoms with Crippen LogP contribution < -0.4 is 10.1 Å². The number of esters is 1. The highest BCUT2D eigenvalue weighted by Gasteiger charge is 2.14. The normalized spacial score (nSPS) is 10.8. The van der Waals surface area contributed by atoms with Crippen LogP contribution in [-0.4, -0.2) is 25.6 Å². The van der Waals surface area contributed by atoms with Gasteiger partial charge in [0, 0.05) is 5.69 Å². The molecule has 0 bridgehead atoms. The van der Waals surface area contributed by atoms with Crippen LogP contribution in [0.5, 0.6) is 5.75 Å². The summed E-state index contributed by atoms with van der Waals surface area (Å²) in [4.78, 5) is 23.9. The number of hydrogen-bond donors (Lipinski definition) is 1. The number of benzene rings is 2. The van der Waals surface area contributed by atoms with E-state index in [-0.39, 0.29) is 12.2 Å². The van der Waals surface area contributed by atoms with Crippen molar-refractivity contribution in [3.63, 3.8) is 0 Å². The first-order valence-electron chi connectivity index (χ1n) is 9.07. The van der Waals surface area contributed by atoms with E-state index in [0.29, 0.717) is 17.0 Å². The van der Waals surface area contributed by atoms with Crippen LogP contribution in [0.3, 0.4) is 0 Å². The summed E-state index contributed by atoms with van der Waals surface area (Å²) >= 11 is 0. The van der Waals surface area contributed by atoms with E-state index in [0.717, 1.165) is 22.3 Å². The Morgan fingerprint density at radius 3 is 2.17 bits per heavy atom. The molecule has 6 nitrogen and oxygen atoms in total. The number of nitrogens with zero attached hydrogens (tertiary/aromatic N) is 1. The van der Waals surface area contributed by atoms with E-state index in [1.165, 1.54) is 13.2 Å². The first-order chi connectivity index (χ1) is 13.8. The van der Waals surface area contributed by atoms with Gasteiger partial charge in [0.15, 0.2) is 6.61 Å². The number of nitriles is 1. The van der Waals surface area contributed by atoms with E-state index < -0.39 is 11.9 Å². The van der Waals surface area contributed by atoms with Crippen molar-refractivity contribution in [2.75, 3.05) is 19.0 Å². The van der Waals surface area contributed by atoms with Gasteiger partial charge in [-0.15, -0.1) is 0 Å². The summed E-state index contributed by atoms with van der Waals surface area (Å²) in [5, 5.41) is 12.3. The number of methoxy groups -OCH3 is 1. The smallest absolute Gasteiger partial charge is 0.343 e. The average molecular weight is 392 g/mol. The van der Waals surface area contributed by atoms with Gasteiger partial charge in [-0.1, -0.05) is 18.2 Å². The van der Waals surface area contributed by atoms with Crippen molar-refractivity contribution in [3.05, 3.63) is 63.7 Å². The second-order valence-electron chi connectivity index (χ2n) is 6.74. The van der Waals surface area contributed by atoms with Gasteiger partial charge in [-0.25, -0.2) is 4.79 Å². The molecule has 0 saturated carbocycles. The van der Waals surface area contributed by atoms with Gasteiger partial charge >= 0.3 is 5.97 Å². The van der Waals surface area contributed by atoms with E-state index in [1.54, 1.807) is 12.1 Å². The van der Waals surface area contributed by atoms with Crippen LogP contribution in [0.15, 0.2) is 35.9 Å². The molecule has 0 spiro atoms. The van der Waals surface area contributed by atoms with Gasteiger partial charge in [-0.2, -0.15) is 5.26 Å². The van der Waals surface area contributed by atoms with Crippen molar-refractivity contribution in [1.82, 2.24) is 0 Å². The Kier molecular flexibility index (Phi) is 7.15. The predicted octanol–water partition coefficient (Wildman–Crippen LogP) is 4.02. The summed E-state index contributed by atoms with van der Waals surface area (Å²) < 4.78 is 10.1. The average Bonchev–Trinajstić information content (AvgIpc) is 2.67. The van der Waals surface area contributed by atoms with Gasteiger partial charge in [0.05, 0.1) is 7.11 Å². The minimum absolute atomic E-state index is 0.00492. The second-order valence-corrected chi connectivity index (χ2v) is 6.74. The van der Waals surface area contributed by atoms with E-state index >= 15 is 0 Å². The van der Waals surface area contributed by atoms with Gasteiger partial charge in [0.2, 0.25) is 0 Å². The number of carbonyl (C=O) groups is 2. The third-order valence-corrected chi connectivity index (χ3v) is 4.44. The topological polar surface area (TPSA) is 88.4 Å². The SMILES string of the molecule is COC(=O)COc1c(C)cc(/C=C(/C#N)C(=O)Nc2c(C)cccc2C)cc1C. The van der Waals surface area contributed by atoms with Crippen molar-refractivity contribution >= 4 is 23.6 Å². The zero-order valence-corrected chi connectivity index (χ0v) is 17.3. The molecule has 0 atom stereocenters. The molecule has 0 unspecified atom stereocenters. The molecular weight excluding hydrogens is 368 g/mol. The Morgan fingerprint density at radius 1 is 1.07 bits per heavy atom. The summed E-state index contributed by atoms with van der Waals surface area (Å²) in [5.41, 5.74) is 4.81. The number of anilines is 1. The molecule has 0 aliphatic rings. The Labute approximate surface area is 170 Å². The Bertz CT molecular complexity index is 973. The molecule has 0 radical (unpaired) electrons. The predicted molar refractivity (Wildman–Crippen MR) is 112 cm³/mol. The van der Waals surface area contributed by atoms with Gasteiger partial charge in [0.1, 0.15) is 17.4 Å². The van der Waals surface area contributed by atoms with Gasteiger partial charge in [0.25, 0.3) is 5.91 Å². The first kappa shape index (κ1) is 21.7. The maximum Gasteiger partial charge on any atom is 0.343 e. The summed E-state index contributed by atoms with van der Waals surface area (Å²) in [6, 6.07) is 11.3. The zero-order valence-electron chi connectivity index (χ0n) is 17.3. The van der Waals surface area contributed by atoms with Crippen LogP contribution in [0, 0.1) is 39.0 Å². The minimum atomic E-state index is -0.470. The van der Waals surface area contributed by atoms with E-state index in [2.05, 4.69) is 10.1 Å². The van der Waals surface area contributed by atoms with E-state index in [9.17, 15) is 14.9 Å². The van der Waals surface area contributed by atoms with Crippen LogP contribution in [-0.2, 0) is 14.3 Å². The third kappa shape index (κ3) is 5.45. The number of ether oxygens (including phenoxy) is 2. The molecule has 2 rings (SSSR count). The second kappa shape index (κ2) is 9.56. The van der Waals surface area contributed by atoms with Gasteiger partial charge in [-0.05, 0) is 73.7 Å². The molecule has 6 heteroatoms. The molecule has 1 amide bonds. The third-order valence-electron chi connectivity index (χ3n) is 4.44. The monoisotopic (exact) mass is 392 g/mol. The van der Waals surface area contributed by atoms with Gasteiger partial charge < -0.3 is 14.8 Å². The van der Waals surface area contributed by atoms with Crippen molar-refractivity contribution < 1.29 is 19.1 Å². The van der Waals surface area contributed by atoms with Crippen LogP contribution in [0.1, 0.15) is 27.8 Å². The van der Waals surface area contributed by atoms with Crippen molar-refractivity contribution in [1.29, 1.82) is 5.26 Å². The van der Waals surface area contributed by atoms with E-state index in [1.807, 2.05) is 52.0 Å². The molecule has 0 fully saturated rings. The largest absolute Gasteiger partial charge is 0.481 e. The highest BCUT2D eigenvalue weighted by atomic mass is 16.6. The standard InChI is InChI=1S/C23H24N2O4/c1-14-7-6-8-15(2)21(14)25-23(27)19(12-24)11-18-9-16(3)22(17(4)10-18)29-13-20(26)28-5/h6-11H,13H2,1-5H3,(H,25,27)/b19-11-. The number of para-hydroxylation sites is 1. The number of carbonyl (C=O) groups excluding carboxylic acids is 2. The quantitative estimate of drug-likeness (QED) is 0.456. The highest BCUT2D eigenvalue weighted by molar-refractivity contribution is 6.10. The van der Waals surface area contributed by atoms with Crippen molar-refractivity contribution in [2.24, 2.45) is 0 Å². The summed E-state index contributed by atoms with van der Waals surface area (Å²) in [6.45, 7) is 7.28. The van der Waals surface area contributed by atoms with Crippen LogP contribution in [0.4, 0.5) is 5.69 Å². The minimum Gasteiger partial charge on any atom is -0.481 e. The maximum absolute atomic E-state index is 12.6. The Hall–Kier alpha value is -3.59. The molecular formula is C23H24N2O4. The van der Waals surface area contributed by atoms with Crippen LogP contribution in [0.25, 0.3) is 6.08 Å². The number of hydrogen-bond acceptors (Lipinski definition) is 5. The molecule has 0 aliphatic heterocycles. The molecule has 0 aliphatic carbocycles. The summed E-state index contributed by atoms with van der Waals surface area (Å²) in [6.07, 6.45) is 1.53. The molecule has 2 aromatic carbocycles. The Morgan fingerprint density at radius 2 is 1.66 bits per heavy atom. The van der Waals surface area contributed by atoms with Crippen molar-refractivity contribution in [3.8, 4) is 11.8 Å². The van der Waals surface area contributed by atoms with Crippen LogP contribution in [0.2, 0.25) is 0 Å². The van der Waals surface area contributed by atoms with Gasteiger partial charge in [-0.3, -0.25) is 4.79 Å². The molecule has 0 saturated heterocycles. The molecule has 0 heterocycles. The zero-order chi connectivity index (χ0) is 21.6. The molecule has 1 N–H and O–H groups in total. The lowest BCUT2D eigenvalue weighted by Gasteiger charge is -2.13. The molecule has 2 aromatic rings. The lowest BCUT2D eigenvalue weighted by molar-refractivity contribution is -0.142. The molecule has 0 aromatic heterocycles. The molecule has 150 valence electrons. The number of nitrogens with one attached hydrogen (secondary N) is 1. The summed E-state index contributed by atoms with van der Waals surface area (Å²) in [5.74, 6) is -0.361. The van der Waals surface area contributed by atoms with Crippen molar-refractivity contribution in [2.45, 2.75) is 27.7 Å². The summed E-state index contributed by atoms with van der Waals surface area (Å²) in [7, 11) is 1.30. The Balaban J connectivity index is 2.27. The fourth-order valence-corrected chi connectivity index (χ4v) is 2.99. The fourth-order valence-electron chi connectivity index (χ4n) is 2.99. The lowest BCUT2D eigenvalue weighted by atomic mass is 10.0. The number of amides is 1. The molecule has 29 heavy (non-hydrogen) atoms.